The molecule has 0 saturated heterocycles. The SMILES string of the molecule is C[Si](CCC(N)N)[Si](C)(C)C. The van der Waals surface area contributed by atoms with E-state index in [1.807, 2.05) is 0 Å². The lowest BCUT2D eigenvalue weighted by molar-refractivity contribution is 0.679. The van der Waals surface area contributed by atoms with Crippen molar-refractivity contribution in [2.75, 3.05) is 0 Å². The van der Waals surface area contributed by atoms with Crippen LogP contribution in [0.25, 0.3) is 0 Å². The van der Waals surface area contributed by atoms with Gasteiger partial charge in [0, 0.05) is 15.9 Å². The Labute approximate surface area is 72.8 Å². The fraction of sp³-hybridized carbons (Fsp3) is 1.00. The highest BCUT2D eigenvalue weighted by Crippen LogP contribution is 2.11. The normalized spacial score (nSPS) is 13.1. The minimum absolute atomic E-state index is 0.0914. The van der Waals surface area contributed by atoms with Crippen LogP contribution >= 0.6 is 0 Å². The summed E-state index contributed by atoms with van der Waals surface area (Å²) < 4.78 is 0. The van der Waals surface area contributed by atoms with Crippen LogP contribution in [0.1, 0.15) is 6.42 Å². The molecule has 0 aromatic rings. The predicted octanol–water partition coefficient (Wildman–Crippen LogP) is 1.16. The molecule has 67 valence electrons. The van der Waals surface area contributed by atoms with Crippen molar-refractivity contribution < 1.29 is 0 Å². The Morgan fingerprint density at radius 3 is 2.00 bits per heavy atom. The maximum atomic E-state index is 5.49. The maximum Gasteiger partial charge on any atom is 0.0517 e. The lowest BCUT2D eigenvalue weighted by atomic mass is 10.4. The summed E-state index contributed by atoms with van der Waals surface area (Å²) in [5, 5.41) is 0. The van der Waals surface area contributed by atoms with Crippen LogP contribution in [0.4, 0.5) is 0 Å². The second-order valence-electron chi connectivity index (χ2n) is 4.23. The van der Waals surface area contributed by atoms with E-state index >= 15 is 0 Å². The first kappa shape index (κ1) is 11.4. The highest BCUT2D eigenvalue weighted by molar-refractivity contribution is 7.31. The van der Waals surface area contributed by atoms with E-state index in [9.17, 15) is 0 Å². The Balaban J connectivity index is 3.61. The zero-order valence-electron chi connectivity index (χ0n) is 8.15. The number of hydrogen-bond acceptors (Lipinski definition) is 2. The van der Waals surface area contributed by atoms with Crippen LogP contribution in [0, 0.1) is 0 Å². The van der Waals surface area contributed by atoms with E-state index in [0.29, 0.717) is 0 Å². The Bertz CT molecular complexity index is 109. The fourth-order valence-electron chi connectivity index (χ4n) is 0.758. The van der Waals surface area contributed by atoms with Gasteiger partial charge >= 0.3 is 0 Å². The van der Waals surface area contributed by atoms with Crippen molar-refractivity contribution in [2.24, 2.45) is 11.5 Å². The highest BCUT2D eigenvalue weighted by atomic mass is 29.2. The first-order valence-corrected chi connectivity index (χ1v) is 10.9. The van der Waals surface area contributed by atoms with Gasteiger partial charge in [-0.05, 0) is 6.42 Å². The number of hydrogen-bond donors (Lipinski definition) is 2. The number of nitrogens with two attached hydrogens (primary N) is 2. The highest BCUT2D eigenvalue weighted by Gasteiger charge is 2.23. The van der Waals surface area contributed by atoms with Gasteiger partial charge < -0.3 is 11.5 Å². The summed E-state index contributed by atoms with van der Waals surface area (Å²) in [6.45, 7) is 9.72. The molecule has 0 heterocycles. The largest absolute Gasteiger partial charge is 0.316 e. The van der Waals surface area contributed by atoms with Crippen molar-refractivity contribution in [1.82, 2.24) is 0 Å². The van der Waals surface area contributed by atoms with Gasteiger partial charge in [0.1, 0.15) is 0 Å². The molecule has 0 bridgehead atoms. The molecular weight excluding hydrogens is 168 g/mol. The monoisotopic (exact) mass is 189 g/mol. The number of rotatable bonds is 4. The Hall–Kier alpha value is 0.354. The van der Waals surface area contributed by atoms with Crippen LogP contribution < -0.4 is 11.5 Å². The molecule has 0 aliphatic carbocycles. The summed E-state index contributed by atoms with van der Waals surface area (Å²) >= 11 is 0. The van der Waals surface area contributed by atoms with E-state index in [1.54, 1.807) is 0 Å². The van der Waals surface area contributed by atoms with E-state index < -0.39 is 7.59 Å². The van der Waals surface area contributed by atoms with Gasteiger partial charge in [-0.3, -0.25) is 0 Å². The molecule has 0 amide bonds. The lowest BCUT2D eigenvalue weighted by Crippen LogP contribution is -2.42. The molecule has 0 aromatic carbocycles. The smallest absolute Gasteiger partial charge is 0.0517 e. The van der Waals surface area contributed by atoms with Gasteiger partial charge in [0.25, 0.3) is 0 Å². The van der Waals surface area contributed by atoms with Gasteiger partial charge in [0.15, 0.2) is 0 Å². The summed E-state index contributed by atoms with van der Waals surface area (Å²) in [7, 11) is -0.958. The Kier molecular flexibility index (Phi) is 4.54. The van der Waals surface area contributed by atoms with Gasteiger partial charge in [-0.25, -0.2) is 0 Å². The van der Waals surface area contributed by atoms with E-state index in [0.717, 1.165) is 6.42 Å². The van der Waals surface area contributed by atoms with E-state index in [4.69, 9.17) is 11.5 Å². The van der Waals surface area contributed by atoms with Crippen molar-refractivity contribution in [2.45, 2.75) is 44.8 Å². The quantitative estimate of drug-likeness (QED) is 0.515. The zero-order chi connectivity index (χ0) is 9.07. The molecule has 0 fully saturated rings. The lowest BCUT2D eigenvalue weighted by Gasteiger charge is -2.23. The Morgan fingerprint density at radius 2 is 1.73 bits per heavy atom. The third kappa shape index (κ3) is 5.61. The van der Waals surface area contributed by atoms with Crippen molar-refractivity contribution in [3.8, 4) is 0 Å². The molecule has 0 unspecified atom stereocenters. The first-order valence-electron chi connectivity index (χ1n) is 4.18. The minimum atomic E-state index is -0.837. The molecule has 1 radical (unpaired) electrons. The summed E-state index contributed by atoms with van der Waals surface area (Å²) in [6.07, 6.45) is 0.918. The van der Waals surface area contributed by atoms with Crippen LogP contribution in [-0.2, 0) is 0 Å². The first-order chi connectivity index (χ1) is 4.84. The second-order valence-corrected chi connectivity index (χ2v) is 17.9. The van der Waals surface area contributed by atoms with Gasteiger partial charge in [-0.2, -0.15) is 0 Å². The van der Waals surface area contributed by atoms with Crippen molar-refractivity contribution >= 4 is 15.9 Å². The molecule has 2 nitrogen and oxygen atoms in total. The molecular formula is C7H21N2Si2. The van der Waals surface area contributed by atoms with Crippen LogP contribution in [0.5, 0.6) is 0 Å². The molecule has 0 saturated carbocycles. The summed E-state index contributed by atoms with van der Waals surface area (Å²) in [5.41, 5.74) is 11.0. The Morgan fingerprint density at radius 1 is 1.27 bits per heavy atom. The predicted molar refractivity (Wildman–Crippen MR) is 56.6 cm³/mol. The molecule has 11 heavy (non-hydrogen) atoms. The third-order valence-electron chi connectivity index (χ3n) is 2.13. The second kappa shape index (κ2) is 4.40. The molecule has 0 aliphatic rings. The van der Waals surface area contributed by atoms with Gasteiger partial charge in [-0.15, -0.1) is 0 Å². The molecule has 0 aromatic heterocycles. The van der Waals surface area contributed by atoms with Gasteiger partial charge in [0.05, 0.1) is 6.17 Å². The molecule has 4 N–H and O–H groups in total. The molecule has 0 rings (SSSR count). The van der Waals surface area contributed by atoms with Gasteiger partial charge in [0.2, 0.25) is 0 Å². The van der Waals surface area contributed by atoms with Crippen molar-refractivity contribution in [3.63, 3.8) is 0 Å². The molecule has 0 atom stereocenters. The third-order valence-corrected chi connectivity index (χ3v) is 14.2. The van der Waals surface area contributed by atoms with Crippen LogP contribution in [0.2, 0.25) is 32.2 Å². The van der Waals surface area contributed by atoms with Crippen molar-refractivity contribution in [3.05, 3.63) is 0 Å². The van der Waals surface area contributed by atoms with Crippen LogP contribution in [0.3, 0.4) is 0 Å². The average Bonchev–Trinajstić information content (AvgIpc) is 1.80. The molecule has 4 heteroatoms. The maximum absolute atomic E-state index is 5.49. The van der Waals surface area contributed by atoms with E-state index in [-0.39, 0.29) is 14.5 Å². The van der Waals surface area contributed by atoms with E-state index in [1.165, 1.54) is 6.04 Å². The summed E-state index contributed by atoms with van der Waals surface area (Å²) in [5.74, 6) is 0. The zero-order valence-corrected chi connectivity index (χ0v) is 10.1. The van der Waals surface area contributed by atoms with Crippen LogP contribution in [0.15, 0.2) is 0 Å². The van der Waals surface area contributed by atoms with Crippen LogP contribution in [-0.4, -0.2) is 22.1 Å². The molecule has 0 spiro atoms. The molecule has 0 aliphatic heterocycles. The summed E-state index contributed by atoms with van der Waals surface area (Å²) in [4.78, 5) is 0. The standard InChI is InChI=1S/C7H21N2Si2/c1-10(11(2,3)4)6-5-7(8)9/h7H,5-6,8-9H2,1-4H3. The topological polar surface area (TPSA) is 52.0 Å². The van der Waals surface area contributed by atoms with Gasteiger partial charge in [-0.1, -0.05) is 32.2 Å². The average molecular weight is 189 g/mol. The fourth-order valence-corrected chi connectivity index (χ4v) is 4.96. The van der Waals surface area contributed by atoms with E-state index in [2.05, 4.69) is 26.2 Å². The minimum Gasteiger partial charge on any atom is -0.316 e. The van der Waals surface area contributed by atoms with Crippen molar-refractivity contribution in [1.29, 1.82) is 0 Å². The summed E-state index contributed by atoms with van der Waals surface area (Å²) in [6, 6.07) is 1.29.